The minimum absolute atomic E-state index is 0.0412. The van der Waals surface area contributed by atoms with Gasteiger partial charge in [0.05, 0.1) is 12.2 Å². The molecular formula is C9H9N3O2. The van der Waals surface area contributed by atoms with Crippen LogP contribution in [0.1, 0.15) is 18.3 Å². The van der Waals surface area contributed by atoms with Crippen molar-refractivity contribution in [2.24, 2.45) is 0 Å². The number of nitrogens with zero attached hydrogens (tertiary/aromatic N) is 3. The van der Waals surface area contributed by atoms with Gasteiger partial charge in [-0.3, -0.25) is 4.79 Å². The normalized spacial score (nSPS) is 9.14. The Bertz CT molecular complexity index is 353. The van der Waals surface area contributed by atoms with Crippen LogP contribution in [0.15, 0.2) is 12.4 Å². The number of hydrogen-bond donors (Lipinski definition) is 0. The number of carbonyl (C=O) groups is 1. The summed E-state index contributed by atoms with van der Waals surface area (Å²) in [7, 11) is 0. The maximum absolute atomic E-state index is 11.0. The van der Waals surface area contributed by atoms with Gasteiger partial charge in [-0.05, 0) is 6.92 Å². The molecule has 5 nitrogen and oxygen atoms in total. The molecule has 0 aliphatic rings. The van der Waals surface area contributed by atoms with Crippen LogP contribution in [0.25, 0.3) is 0 Å². The standard InChI is InChI=1S/C9H9N3O2/c1-2-14-9(13)3-8-11-5-7(4-10)6-12-8/h5-6H,2-3H2,1H3. The highest BCUT2D eigenvalue weighted by Crippen LogP contribution is 1.96. The fourth-order valence-corrected chi connectivity index (χ4v) is 0.845. The van der Waals surface area contributed by atoms with Crippen molar-refractivity contribution in [1.29, 1.82) is 5.26 Å². The highest BCUT2D eigenvalue weighted by Gasteiger charge is 2.05. The van der Waals surface area contributed by atoms with E-state index < -0.39 is 0 Å². The van der Waals surface area contributed by atoms with Gasteiger partial charge in [-0.2, -0.15) is 5.26 Å². The Kier molecular flexibility index (Phi) is 3.56. The van der Waals surface area contributed by atoms with Gasteiger partial charge in [0, 0.05) is 12.4 Å². The SMILES string of the molecule is CCOC(=O)Cc1ncc(C#N)cn1. The molecule has 1 rings (SSSR count). The predicted octanol–water partition coefficient (Wildman–Crippen LogP) is 0.454. The van der Waals surface area contributed by atoms with Gasteiger partial charge in [-0.25, -0.2) is 9.97 Å². The lowest BCUT2D eigenvalue weighted by molar-refractivity contribution is -0.142. The van der Waals surface area contributed by atoms with E-state index in [0.29, 0.717) is 18.0 Å². The quantitative estimate of drug-likeness (QED) is 0.648. The van der Waals surface area contributed by atoms with Crippen LogP contribution >= 0.6 is 0 Å². The first-order valence-electron chi connectivity index (χ1n) is 4.13. The van der Waals surface area contributed by atoms with Crippen molar-refractivity contribution >= 4 is 5.97 Å². The van der Waals surface area contributed by atoms with Crippen molar-refractivity contribution < 1.29 is 9.53 Å². The lowest BCUT2D eigenvalue weighted by Crippen LogP contribution is -2.10. The molecule has 0 saturated heterocycles. The first-order chi connectivity index (χ1) is 6.76. The number of rotatable bonds is 3. The molecule has 1 aromatic heterocycles. The molecule has 1 heterocycles. The molecule has 0 aromatic carbocycles. The van der Waals surface area contributed by atoms with Crippen LogP contribution in [0, 0.1) is 11.3 Å². The van der Waals surface area contributed by atoms with E-state index in [9.17, 15) is 4.79 Å². The van der Waals surface area contributed by atoms with Crippen molar-refractivity contribution in [1.82, 2.24) is 9.97 Å². The van der Waals surface area contributed by atoms with Crippen LogP contribution in [0.5, 0.6) is 0 Å². The molecule has 0 N–H and O–H groups in total. The second-order valence-electron chi connectivity index (χ2n) is 2.48. The van der Waals surface area contributed by atoms with E-state index in [-0.39, 0.29) is 12.4 Å². The lowest BCUT2D eigenvalue weighted by Gasteiger charge is -1.99. The van der Waals surface area contributed by atoms with Gasteiger partial charge in [-0.1, -0.05) is 0 Å². The molecule has 0 atom stereocenters. The zero-order chi connectivity index (χ0) is 10.4. The minimum atomic E-state index is -0.364. The average molecular weight is 191 g/mol. The summed E-state index contributed by atoms with van der Waals surface area (Å²) >= 11 is 0. The van der Waals surface area contributed by atoms with Crippen molar-refractivity contribution in [3.8, 4) is 6.07 Å². The summed E-state index contributed by atoms with van der Waals surface area (Å²) in [6, 6.07) is 1.89. The Hall–Kier alpha value is -1.96. The van der Waals surface area contributed by atoms with Gasteiger partial charge in [-0.15, -0.1) is 0 Å². The number of hydrogen-bond acceptors (Lipinski definition) is 5. The Balaban J connectivity index is 2.61. The fourth-order valence-electron chi connectivity index (χ4n) is 0.845. The third-order valence-electron chi connectivity index (χ3n) is 1.44. The third kappa shape index (κ3) is 2.83. The highest BCUT2D eigenvalue weighted by atomic mass is 16.5. The molecule has 14 heavy (non-hydrogen) atoms. The van der Waals surface area contributed by atoms with Crippen molar-refractivity contribution in [2.75, 3.05) is 6.61 Å². The molecule has 0 saturated carbocycles. The molecule has 0 radical (unpaired) electrons. The van der Waals surface area contributed by atoms with Gasteiger partial charge in [0.25, 0.3) is 0 Å². The molecule has 1 aromatic rings. The summed E-state index contributed by atoms with van der Waals surface area (Å²) in [6.45, 7) is 2.08. The maximum Gasteiger partial charge on any atom is 0.313 e. The molecule has 72 valence electrons. The first-order valence-corrected chi connectivity index (χ1v) is 4.13. The summed E-state index contributed by atoms with van der Waals surface area (Å²) in [6.07, 6.45) is 2.79. The van der Waals surface area contributed by atoms with E-state index in [4.69, 9.17) is 10.00 Å². The van der Waals surface area contributed by atoms with E-state index in [1.54, 1.807) is 6.92 Å². The minimum Gasteiger partial charge on any atom is -0.466 e. The molecule has 0 unspecified atom stereocenters. The average Bonchev–Trinajstić information content (AvgIpc) is 2.19. The van der Waals surface area contributed by atoms with Gasteiger partial charge in [0.2, 0.25) is 0 Å². The van der Waals surface area contributed by atoms with E-state index >= 15 is 0 Å². The van der Waals surface area contributed by atoms with Crippen LogP contribution < -0.4 is 0 Å². The molecule has 0 aliphatic carbocycles. The van der Waals surface area contributed by atoms with Crippen LogP contribution in [0.3, 0.4) is 0 Å². The van der Waals surface area contributed by atoms with Crippen LogP contribution in [-0.4, -0.2) is 22.5 Å². The summed E-state index contributed by atoms with van der Waals surface area (Å²) in [5, 5.41) is 8.47. The van der Waals surface area contributed by atoms with Gasteiger partial charge < -0.3 is 4.74 Å². The lowest BCUT2D eigenvalue weighted by atomic mass is 10.3. The van der Waals surface area contributed by atoms with Gasteiger partial charge in [0.15, 0.2) is 0 Å². The second-order valence-corrected chi connectivity index (χ2v) is 2.48. The van der Waals surface area contributed by atoms with Crippen LogP contribution in [0.4, 0.5) is 0 Å². The number of ether oxygens (including phenoxy) is 1. The molecule has 5 heteroatoms. The van der Waals surface area contributed by atoms with E-state index in [2.05, 4.69) is 9.97 Å². The smallest absolute Gasteiger partial charge is 0.313 e. The third-order valence-corrected chi connectivity index (χ3v) is 1.44. The van der Waals surface area contributed by atoms with Crippen LogP contribution in [0.2, 0.25) is 0 Å². The molecule has 0 spiro atoms. The fraction of sp³-hybridized carbons (Fsp3) is 0.333. The van der Waals surface area contributed by atoms with E-state index in [0.717, 1.165) is 0 Å². The van der Waals surface area contributed by atoms with E-state index in [1.165, 1.54) is 12.4 Å². The zero-order valence-corrected chi connectivity index (χ0v) is 7.73. The highest BCUT2D eigenvalue weighted by molar-refractivity contribution is 5.71. The maximum atomic E-state index is 11.0. The zero-order valence-electron chi connectivity index (χ0n) is 7.73. The Morgan fingerprint density at radius 2 is 2.21 bits per heavy atom. The number of esters is 1. The Morgan fingerprint density at radius 3 is 2.71 bits per heavy atom. The number of nitriles is 1. The summed E-state index contributed by atoms with van der Waals surface area (Å²) in [5.41, 5.74) is 0.373. The van der Waals surface area contributed by atoms with Crippen molar-refractivity contribution in [3.63, 3.8) is 0 Å². The first kappa shape index (κ1) is 10.1. The molecule has 0 fully saturated rings. The Morgan fingerprint density at radius 1 is 1.57 bits per heavy atom. The van der Waals surface area contributed by atoms with E-state index in [1.807, 2.05) is 6.07 Å². The largest absolute Gasteiger partial charge is 0.466 e. The Labute approximate surface area is 81.4 Å². The summed E-state index contributed by atoms with van der Waals surface area (Å²) in [5.74, 6) is -0.000317. The van der Waals surface area contributed by atoms with Gasteiger partial charge in [0.1, 0.15) is 18.3 Å². The number of aromatic nitrogens is 2. The van der Waals surface area contributed by atoms with Crippen molar-refractivity contribution in [3.05, 3.63) is 23.8 Å². The topological polar surface area (TPSA) is 75.9 Å². The van der Waals surface area contributed by atoms with Crippen molar-refractivity contribution in [2.45, 2.75) is 13.3 Å². The summed E-state index contributed by atoms with van der Waals surface area (Å²) in [4.78, 5) is 18.7. The van der Waals surface area contributed by atoms with Crippen LogP contribution in [-0.2, 0) is 16.0 Å². The second kappa shape index (κ2) is 4.92. The molecule has 0 aliphatic heterocycles. The molecule has 0 bridgehead atoms. The predicted molar refractivity (Wildman–Crippen MR) is 47.1 cm³/mol. The summed E-state index contributed by atoms with van der Waals surface area (Å²) < 4.78 is 4.72. The molecular weight excluding hydrogens is 182 g/mol. The monoisotopic (exact) mass is 191 g/mol. The molecule has 0 amide bonds. The van der Waals surface area contributed by atoms with Gasteiger partial charge >= 0.3 is 5.97 Å². The number of carbonyl (C=O) groups excluding carboxylic acids is 1.